The lowest BCUT2D eigenvalue weighted by Gasteiger charge is -2.26. The summed E-state index contributed by atoms with van der Waals surface area (Å²) >= 11 is 0. The van der Waals surface area contributed by atoms with Crippen molar-refractivity contribution in [1.29, 1.82) is 0 Å². The van der Waals surface area contributed by atoms with Gasteiger partial charge in [-0.3, -0.25) is 0 Å². The van der Waals surface area contributed by atoms with Crippen LogP contribution in [0.5, 0.6) is 0 Å². The monoisotopic (exact) mass is 247 g/mol. The molecule has 4 nitrogen and oxygen atoms in total. The third-order valence-corrected chi connectivity index (χ3v) is 4.02. The summed E-state index contributed by atoms with van der Waals surface area (Å²) in [6.45, 7) is 0.959. The van der Waals surface area contributed by atoms with Gasteiger partial charge in [0.2, 0.25) is 0 Å². The predicted octanol–water partition coefficient (Wildman–Crippen LogP) is 2.26. The van der Waals surface area contributed by atoms with Crippen LogP contribution in [0.15, 0.2) is 31.1 Å². The Bertz CT molecular complexity index is 388. The Labute approximate surface area is 108 Å². The van der Waals surface area contributed by atoms with Crippen molar-refractivity contribution in [2.45, 2.75) is 50.3 Å². The molecule has 2 aliphatic rings. The van der Waals surface area contributed by atoms with Crippen molar-refractivity contribution in [3.63, 3.8) is 0 Å². The smallest absolute Gasteiger partial charge is 0.110 e. The number of hydrogen-bond donors (Lipinski definition) is 1. The highest BCUT2D eigenvalue weighted by atomic mass is 16.5. The van der Waals surface area contributed by atoms with Crippen LogP contribution in [0.3, 0.4) is 0 Å². The molecule has 2 heterocycles. The standard InChI is InChI=1S/C14H21N3O/c1-2-9-18-12(4-1)10-16-13-5-3-6-14(13)17-8-7-15-11-17/h2,7-9,11-14,16H,1,3-6,10H2. The molecular formula is C14H21N3O. The first kappa shape index (κ1) is 11.8. The Morgan fingerprint density at radius 3 is 3.11 bits per heavy atom. The van der Waals surface area contributed by atoms with Crippen molar-refractivity contribution in [1.82, 2.24) is 14.9 Å². The maximum Gasteiger partial charge on any atom is 0.110 e. The highest BCUT2D eigenvalue weighted by Gasteiger charge is 2.28. The van der Waals surface area contributed by atoms with E-state index in [0.29, 0.717) is 18.2 Å². The van der Waals surface area contributed by atoms with Gasteiger partial charge in [0.25, 0.3) is 0 Å². The van der Waals surface area contributed by atoms with Crippen molar-refractivity contribution < 1.29 is 4.74 Å². The van der Waals surface area contributed by atoms with E-state index in [0.717, 1.165) is 19.4 Å². The molecule has 0 bridgehead atoms. The first-order valence-electron chi connectivity index (χ1n) is 6.95. The van der Waals surface area contributed by atoms with Crippen LogP contribution in [-0.2, 0) is 4.74 Å². The van der Waals surface area contributed by atoms with Crippen LogP contribution in [-0.4, -0.2) is 28.2 Å². The van der Waals surface area contributed by atoms with E-state index in [4.69, 9.17) is 4.74 Å². The number of rotatable bonds is 4. The maximum atomic E-state index is 5.60. The van der Waals surface area contributed by atoms with Crippen molar-refractivity contribution in [3.8, 4) is 0 Å². The number of aromatic nitrogens is 2. The van der Waals surface area contributed by atoms with Gasteiger partial charge in [-0.2, -0.15) is 0 Å². The van der Waals surface area contributed by atoms with Gasteiger partial charge in [-0.25, -0.2) is 4.98 Å². The molecule has 3 rings (SSSR count). The fourth-order valence-corrected chi connectivity index (χ4v) is 3.02. The van der Waals surface area contributed by atoms with Crippen LogP contribution in [0.1, 0.15) is 38.1 Å². The van der Waals surface area contributed by atoms with E-state index in [-0.39, 0.29) is 0 Å². The zero-order chi connectivity index (χ0) is 12.2. The zero-order valence-corrected chi connectivity index (χ0v) is 10.7. The van der Waals surface area contributed by atoms with Crippen molar-refractivity contribution in [2.75, 3.05) is 6.54 Å². The van der Waals surface area contributed by atoms with Gasteiger partial charge in [-0.05, 0) is 38.2 Å². The summed E-state index contributed by atoms with van der Waals surface area (Å²) in [7, 11) is 0. The van der Waals surface area contributed by atoms with E-state index < -0.39 is 0 Å². The molecule has 0 amide bonds. The Kier molecular flexibility index (Phi) is 3.64. The van der Waals surface area contributed by atoms with Gasteiger partial charge in [0.1, 0.15) is 6.10 Å². The Hall–Kier alpha value is -1.29. The second-order valence-corrected chi connectivity index (χ2v) is 5.23. The second-order valence-electron chi connectivity index (χ2n) is 5.23. The number of nitrogens with one attached hydrogen (secondary N) is 1. The summed E-state index contributed by atoms with van der Waals surface area (Å²) in [5, 5.41) is 3.68. The molecule has 0 saturated heterocycles. The SMILES string of the molecule is C1=COC(CNC2CCCC2n2ccnc2)CC1. The highest BCUT2D eigenvalue weighted by Crippen LogP contribution is 2.30. The Morgan fingerprint density at radius 2 is 2.33 bits per heavy atom. The molecule has 1 fully saturated rings. The van der Waals surface area contributed by atoms with E-state index >= 15 is 0 Å². The van der Waals surface area contributed by atoms with Gasteiger partial charge in [0.15, 0.2) is 0 Å². The number of allylic oxidation sites excluding steroid dienone is 1. The fourth-order valence-electron chi connectivity index (χ4n) is 3.02. The summed E-state index contributed by atoms with van der Waals surface area (Å²) in [4.78, 5) is 4.15. The minimum atomic E-state index is 0.346. The van der Waals surface area contributed by atoms with Crippen LogP contribution in [0.2, 0.25) is 0 Å². The average Bonchev–Trinajstić information content (AvgIpc) is 3.08. The van der Waals surface area contributed by atoms with Gasteiger partial charge in [-0.15, -0.1) is 0 Å². The molecule has 1 aromatic rings. The number of nitrogens with zero attached hydrogens (tertiary/aromatic N) is 2. The molecule has 3 atom stereocenters. The lowest BCUT2D eigenvalue weighted by Crippen LogP contribution is -2.39. The quantitative estimate of drug-likeness (QED) is 0.887. The average molecular weight is 247 g/mol. The molecule has 3 unspecified atom stereocenters. The number of imidazole rings is 1. The minimum absolute atomic E-state index is 0.346. The lowest BCUT2D eigenvalue weighted by molar-refractivity contribution is 0.117. The molecular weight excluding hydrogens is 226 g/mol. The molecule has 1 N–H and O–H groups in total. The zero-order valence-electron chi connectivity index (χ0n) is 10.7. The van der Waals surface area contributed by atoms with Crippen molar-refractivity contribution in [2.24, 2.45) is 0 Å². The maximum absolute atomic E-state index is 5.60. The lowest BCUT2D eigenvalue weighted by atomic mass is 10.1. The molecule has 1 aliphatic heterocycles. The van der Waals surface area contributed by atoms with Gasteiger partial charge in [0, 0.05) is 31.0 Å². The normalized spacial score (nSPS) is 31.4. The first-order valence-corrected chi connectivity index (χ1v) is 6.95. The van der Waals surface area contributed by atoms with Crippen LogP contribution >= 0.6 is 0 Å². The molecule has 18 heavy (non-hydrogen) atoms. The van der Waals surface area contributed by atoms with Crippen molar-refractivity contribution in [3.05, 3.63) is 31.1 Å². The molecule has 1 aromatic heterocycles. The first-order chi connectivity index (χ1) is 8.93. The van der Waals surface area contributed by atoms with Crippen LogP contribution in [0.4, 0.5) is 0 Å². The summed E-state index contributed by atoms with van der Waals surface area (Å²) < 4.78 is 7.84. The van der Waals surface area contributed by atoms with Gasteiger partial charge >= 0.3 is 0 Å². The third-order valence-electron chi connectivity index (χ3n) is 4.02. The number of hydrogen-bond acceptors (Lipinski definition) is 3. The predicted molar refractivity (Wildman–Crippen MR) is 70.2 cm³/mol. The largest absolute Gasteiger partial charge is 0.497 e. The highest BCUT2D eigenvalue weighted by molar-refractivity contribution is 4.92. The van der Waals surface area contributed by atoms with Crippen LogP contribution in [0.25, 0.3) is 0 Å². The summed E-state index contributed by atoms with van der Waals surface area (Å²) in [5.41, 5.74) is 0. The van der Waals surface area contributed by atoms with Crippen LogP contribution in [0, 0.1) is 0 Å². The van der Waals surface area contributed by atoms with E-state index in [1.807, 2.05) is 18.8 Å². The van der Waals surface area contributed by atoms with Gasteiger partial charge < -0.3 is 14.6 Å². The molecule has 4 heteroatoms. The molecule has 0 aromatic carbocycles. The molecule has 0 radical (unpaired) electrons. The summed E-state index contributed by atoms with van der Waals surface area (Å²) in [6, 6.07) is 1.13. The van der Waals surface area contributed by atoms with Gasteiger partial charge in [-0.1, -0.05) is 0 Å². The molecule has 1 saturated carbocycles. The Balaban J connectivity index is 1.53. The van der Waals surface area contributed by atoms with Gasteiger partial charge in [0.05, 0.1) is 12.6 Å². The summed E-state index contributed by atoms with van der Waals surface area (Å²) in [6.07, 6.45) is 16.2. The third kappa shape index (κ3) is 2.58. The van der Waals surface area contributed by atoms with E-state index in [1.165, 1.54) is 19.3 Å². The van der Waals surface area contributed by atoms with E-state index in [2.05, 4.69) is 27.1 Å². The van der Waals surface area contributed by atoms with E-state index in [9.17, 15) is 0 Å². The molecule has 0 spiro atoms. The topological polar surface area (TPSA) is 39.1 Å². The molecule has 1 aliphatic carbocycles. The minimum Gasteiger partial charge on any atom is -0.497 e. The Morgan fingerprint density at radius 1 is 1.33 bits per heavy atom. The van der Waals surface area contributed by atoms with E-state index in [1.54, 1.807) is 0 Å². The molecule has 98 valence electrons. The fraction of sp³-hybridized carbons (Fsp3) is 0.643. The second kappa shape index (κ2) is 5.57. The van der Waals surface area contributed by atoms with Crippen LogP contribution < -0.4 is 5.32 Å². The summed E-state index contributed by atoms with van der Waals surface area (Å²) in [5.74, 6) is 0. The van der Waals surface area contributed by atoms with Crippen molar-refractivity contribution >= 4 is 0 Å². The number of ether oxygens (including phenoxy) is 1.